The average Bonchev–Trinajstić information content (AvgIpc) is 2.54. The highest BCUT2D eigenvalue weighted by atomic mass is 16.5. The highest BCUT2D eigenvalue weighted by molar-refractivity contribution is 6.69. The fraction of sp³-hybridized carbons (Fsp3) is 0.0769. The molecule has 0 aromatic heterocycles. The van der Waals surface area contributed by atoms with Crippen LogP contribution >= 0.6 is 0 Å². The predicted octanol–water partition coefficient (Wildman–Crippen LogP) is -9.68. The lowest BCUT2D eigenvalue weighted by atomic mass is 9.62. The van der Waals surface area contributed by atoms with Crippen LogP contribution in [0.15, 0.2) is 0 Å². The van der Waals surface area contributed by atoms with Crippen LogP contribution in [0.3, 0.4) is 0 Å². The molecule has 1 aliphatic rings. The van der Waals surface area contributed by atoms with Gasteiger partial charge in [0, 0.05) is 17.4 Å². The predicted molar refractivity (Wildman–Crippen MR) is 116 cm³/mol. The zero-order valence-corrected chi connectivity index (χ0v) is 15.0. The van der Waals surface area contributed by atoms with Crippen molar-refractivity contribution in [3.63, 3.8) is 0 Å². The summed E-state index contributed by atoms with van der Waals surface area (Å²) in [6, 6.07) is 0. The van der Waals surface area contributed by atoms with Crippen molar-refractivity contribution in [3.05, 3.63) is 11.1 Å². The lowest BCUT2D eigenvalue weighted by Crippen LogP contribution is -2.52. The molecule has 0 amide bonds. The van der Waals surface area contributed by atoms with Gasteiger partial charge in [-0.1, -0.05) is 27.3 Å². The summed E-state index contributed by atoms with van der Waals surface area (Å²) in [4.78, 5) is 0. The quantitative estimate of drug-likeness (QED) is 0.390. The van der Waals surface area contributed by atoms with E-state index in [1.165, 1.54) is 10.9 Å². The van der Waals surface area contributed by atoms with E-state index in [0.717, 1.165) is 27.7 Å². The summed E-state index contributed by atoms with van der Waals surface area (Å²) in [5.74, 6) is 1.42. The molecule has 2 aromatic carbocycles. The summed E-state index contributed by atoms with van der Waals surface area (Å²) in [7, 11) is 10.2. The molecule has 2 aromatic rings. The first-order valence-electron chi connectivity index (χ1n) is 8.14. The van der Waals surface area contributed by atoms with Crippen LogP contribution in [0.1, 0.15) is 11.1 Å². The Labute approximate surface area is 147 Å². The third kappa shape index (κ3) is 2.26. The van der Waals surface area contributed by atoms with Gasteiger partial charge in [0.1, 0.15) is 64.3 Å². The number of phenols is 1. The standard InChI is InChI=1S/C13H17B7O4/c14-4-2-1-3-11(21)10(20(22)23)7(17)9(19)13(3)24-12(2)8(18)6(16)5(4)15/h21-23H,1,14-19H2. The summed E-state index contributed by atoms with van der Waals surface area (Å²) in [6.07, 6.45) is 0.519. The Morgan fingerprint density at radius 2 is 1.21 bits per heavy atom. The topological polar surface area (TPSA) is 69.9 Å². The van der Waals surface area contributed by atoms with Crippen molar-refractivity contribution in [2.24, 2.45) is 0 Å². The molecule has 0 unspecified atom stereocenters. The fourth-order valence-electron chi connectivity index (χ4n) is 3.65. The minimum absolute atomic E-state index is 0.0796. The second-order valence-electron chi connectivity index (χ2n) is 6.78. The van der Waals surface area contributed by atoms with Gasteiger partial charge < -0.3 is 19.9 Å². The van der Waals surface area contributed by atoms with Crippen molar-refractivity contribution < 1.29 is 19.9 Å². The molecule has 0 saturated carbocycles. The molecular formula is C13H17B7O4. The number of phenolic OH excluding ortho intramolecular Hbond substituents is 1. The number of rotatable bonds is 1. The van der Waals surface area contributed by atoms with Gasteiger partial charge in [0.05, 0.1) is 0 Å². The first kappa shape index (κ1) is 17.2. The molecule has 0 radical (unpaired) electrons. The molecule has 4 nitrogen and oxygen atoms in total. The molecule has 0 saturated heterocycles. The van der Waals surface area contributed by atoms with E-state index >= 15 is 0 Å². The average molecular weight is 313 g/mol. The normalized spacial score (nSPS) is 12.2. The Kier molecular flexibility index (Phi) is 4.13. The number of ether oxygens (including phenoxy) is 1. The minimum atomic E-state index is -1.71. The van der Waals surface area contributed by atoms with Gasteiger partial charge >= 0.3 is 7.12 Å². The van der Waals surface area contributed by atoms with Gasteiger partial charge in [0.15, 0.2) is 0 Å². The second-order valence-corrected chi connectivity index (χ2v) is 6.78. The largest absolute Gasteiger partial charge is 0.508 e. The number of aromatic hydroxyl groups is 1. The van der Waals surface area contributed by atoms with Gasteiger partial charge in [-0.2, -0.15) is 0 Å². The summed E-state index contributed by atoms with van der Waals surface area (Å²) in [6.45, 7) is 0. The van der Waals surface area contributed by atoms with E-state index in [2.05, 4.69) is 31.4 Å². The van der Waals surface area contributed by atoms with E-state index in [1.54, 1.807) is 7.85 Å². The van der Waals surface area contributed by atoms with Crippen molar-refractivity contribution in [1.82, 2.24) is 0 Å². The molecule has 1 heterocycles. The lowest BCUT2D eigenvalue weighted by molar-refractivity contribution is 0.415. The van der Waals surface area contributed by atoms with Gasteiger partial charge in [0.25, 0.3) is 0 Å². The van der Waals surface area contributed by atoms with Crippen LogP contribution in [0, 0.1) is 0 Å². The molecule has 0 spiro atoms. The molecule has 0 aliphatic carbocycles. The summed E-state index contributed by atoms with van der Waals surface area (Å²) < 4.78 is 6.23. The first-order valence-corrected chi connectivity index (χ1v) is 8.14. The zero-order chi connectivity index (χ0) is 17.9. The highest BCUT2D eigenvalue weighted by Gasteiger charge is 2.31. The molecule has 0 atom stereocenters. The number of fused-ring (bicyclic) bond motifs is 2. The van der Waals surface area contributed by atoms with Gasteiger partial charge in [-0.3, -0.25) is 0 Å². The molecule has 24 heavy (non-hydrogen) atoms. The molecule has 1 aliphatic heterocycles. The third-order valence-electron chi connectivity index (χ3n) is 5.69. The van der Waals surface area contributed by atoms with Crippen LogP contribution in [0.2, 0.25) is 0 Å². The van der Waals surface area contributed by atoms with Crippen LogP contribution in [0.25, 0.3) is 0 Å². The van der Waals surface area contributed by atoms with E-state index < -0.39 is 7.12 Å². The minimum Gasteiger partial charge on any atom is -0.508 e. The lowest BCUT2D eigenvalue weighted by Gasteiger charge is -2.30. The molecule has 3 N–H and O–H groups in total. The number of hydrogen-bond donors (Lipinski definition) is 3. The molecular weight excluding hydrogens is 296 g/mol. The van der Waals surface area contributed by atoms with Crippen molar-refractivity contribution in [3.8, 4) is 17.2 Å². The summed E-state index contributed by atoms with van der Waals surface area (Å²) in [5.41, 5.74) is 8.02. The second kappa shape index (κ2) is 5.74. The summed E-state index contributed by atoms with van der Waals surface area (Å²) >= 11 is 0. The molecule has 0 fully saturated rings. The van der Waals surface area contributed by atoms with Crippen LogP contribution in [-0.4, -0.2) is 69.4 Å². The van der Waals surface area contributed by atoms with Crippen LogP contribution in [-0.2, 0) is 6.42 Å². The van der Waals surface area contributed by atoms with Gasteiger partial charge in [-0.25, -0.2) is 0 Å². The van der Waals surface area contributed by atoms with E-state index in [-0.39, 0.29) is 11.2 Å². The highest BCUT2D eigenvalue weighted by Crippen LogP contribution is 2.36. The Balaban J connectivity index is 2.31. The maximum Gasteiger partial charge on any atom is 0.491 e. The fourth-order valence-corrected chi connectivity index (χ4v) is 3.65. The zero-order valence-electron chi connectivity index (χ0n) is 15.0. The molecule has 11 heteroatoms. The van der Waals surface area contributed by atoms with Crippen LogP contribution in [0.5, 0.6) is 17.2 Å². The Hall–Kier alpha value is -1.59. The van der Waals surface area contributed by atoms with Gasteiger partial charge in [-0.05, 0) is 5.56 Å². The maximum absolute atomic E-state index is 10.6. The van der Waals surface area contributed by atoms with Gasteiger partial charge in [-0.15, -0.1) is 5.46 Å². The van der Waals surface area contributed by atoms with E-state index in [9.17, 15) is 15.2 Å². The summed E-state index contributed by atoms with van der Waals surface area (Å²) in [5, 5.41) is 29.9. The van der Waals surface area contributed by atoms with Crippen molar-refractivity contribution >= 4 is 92.4 Å². The Morgan fingerprint density at radius 3 is 1.79 bits per heavy atom. The monoisotopic (exact) mass is 314 g/mol. The van der Waals surface area contributed by atoms with Crippen LogP contribution < -0.4 is 43.0 Å². The first-order chi connectivity index (χ1) is 11.2. The van der Waals surface area contributed by atoms with E-state index in [0.29, 0.717) is 23.2 Å². The molecule has 0 bridgehead atoms. The number of hydrogen-bond acceptors (Lipinski definition) is 4. The smallest absolute Gasteiger partial charge is 0.491 e. The maximum atomic E-state index is 10.6. The Morgan fingerprint density at radius 1 is 0.708 bits per heavy atom. The SMILES string of the molecule is Bc1c(B)c(B)c2c(c1B)Cc1c(O)c(B(O)O)c(B)c(B)c1O2. The van der Waals surface area contributed by atoms with Crippen LogP contribution in [0.4, 0.5) is 0 Å². The van der Waals surface area contributed by atoms with E-state index in [4.69, 9.17) is 4.74 Å². The molecule has 3 rings (SSSR count). The van der Waals surface area contributed by atoms with Gasteiger partial charge in [0.2, 0.25) is 0 Å². The Bertz CT molecular complexity index is 882. The molecule has 114 valence electrons. The third-order valence-corrected chi connectivity index (χ3v) is 5.69. The number of benzene rings is 2. The van der Waals surface area contributed by atoms with Crippen molar-refractivity contribution in [2.75, 3.05) is 0 Å². The van der Waals surface area contributed by atoms with E-state index in [1.807, 2.05) is 7.85 Å². The van der Waals surface area contributed by atoms with Crippen molar-refractivity contribution in [2.45, 2.75) is 6.42 Å². The van der Waals surface area contributed by atoms with Crippen molar-refractivity contribution in [1.29, 1.82) is 0 Å².